The first kappa shape index (κ1) is 11.9. The van der Waals surface area contributed by atoms with Gasteiger partial charge in [-0.1, -0.05) is 19.1 Å². The molecule has 1 aliphatic heterocycles. The fourth-order valence-electron chi connectivity index (χ4n) is 1.80. The van der Waals surface area contributed by atoms with Gasteiger partial charge in [-0.15, -0.1) is 0 Å². The van der Waals surface area contributed by atoms with E-state index in [0.717, 1.165) is 26.3 Å². The molecule has 0 radical (unpaired) electrons. The quantitative estimate of drug-likeness (QED) is 0.692. The monoisotopic (exact) mass is 216 g/mol. The number of ether oxygens (including phenoxy) is 1. The predicted molar refractivity (Wildman–Crippen MR) is 62.4 cm³/mol. The summed E-state index contributed by atoms with van der Waals surface area (Å²) in [5.41, 5.74) is 5.57. The third kappa shape index (κ3) is 3.90. The van der Waals surface area contributed by atoms with Gasteiger partial charge in [-0.2, -0.15) is 0 Å². The Balaban J connectivity index is 2.20. The Hall–Kier alpha value is -0.190. The molecule has 0 aromatic carbocycles. The van der Waals surface area contributed by atoms with E-state index in [1.807, 2.05) is 0 Å². The second kappa shape index (κ2) is 5.63. The molecular formula is C10H20N2OS. The fraction of sp³-hybridized carbons (Fsp3) is 0.900. The second-order valence-corrected chi connectivity index (χ2v) is 4.73. The molecule has 0 bridgehead atoms. The average Bonchev–Trinajstić information content (AvgIpc) is 2.56. The van der Waals surface area contributed by atoms with Gasteiger partial charge < -0.3 is 15.4 Å². The number of nitrogens with zero attached hydrogens (tertiary/aromatic N) is 1. The van der Waals surface area contributed by atoms with Crippen molar-refractivity contribution >= 4 is 17.2 Å². The standard InChI is InChI=1S/C10H20N2OS/c1-8(10(11)14)5-12(2)6-9-3-4-13-7-9/h8-9H,3-7H2,1-2H3,(H2,11,14). The Labute approximate surface area is 91.6 Å². The maximum Gasteiger partial charge on any atom is 0.0768 e. The summed E-state index contributed by atoms with van der Waals surface area (Å²) in [7, 11) is 2.12. The van der Waals surface area contributed by atoms with Gasteiger partial charge in [-0.05, 0) is 19.4 Å². The van der Waals surface area contributed by atoms with Gasteiger partial charge in [-0.3, -0.25) is 0 Å². The Morgan fingerprint density at radius 2 is 2.43 bits per heavy atom. The summed E-state index contributed by atoms with van der Waals surface area (Å²) in [6, 6.07) is 0. The Bertz CT molecular complexity index is 193. The van der Waals surface area contributed by atoms with Crippen LogP contribution in [0.3, 0.4) is 0 Å². The highest BCUT2D eigenvalue weighted by atomic mass is 32.1. The number of rotatable bonds is 5. The highest BCUT2D eigenvalue weighted by Crippen LogP contribution is 2.13. The molecule has 0 saturated carbocycles. The first-order chi connectivity index (χ1) is 6.59. The van der Waals surface area contributed by atoms with Crippen LogP contribution in [0.2, 0.25) is 0 Å². The molecule has 1 saturated heterocycles. The van der Waals surface area contributed by atoms with E-state index < -0.39 is 0 Å². The van der Waals surface area contributed by atoms with Crippen LogP contribution in [0, 0.1) is 11.8 Å². The molecule has 2 N–H and O–H groups in total. The highest BCUT2D eigenvalue weighted by Gasteiger charge is 2.18. The van der Waals surface area contributed by atoms with Crippen molar-refractivity contribution in [3.05, 3.63) is 0 Å². The number of hydrogen-bond acceptors (Lipinski definition) is 3. The smallest absolute Gasteiger partial charge is 0.0768 e. The Morgan fingerprint density at radius 1 is 1.71 bits per heavy atom. The van der Waals surface area contributed by atoms with Gasteiger partial charge >= 0.3 is 0 Å². The van der Waals surface area contributed by atoms with E-state index in [0.29, 0.717) is 16.8 Å². The van der Waals surface area contributed by atoms with Crippen molar-refractivity contribution in [1.82, 2.24) is 4.90 Å². The zero-order valence-corrected chi connectivity index (χ0v) is 9.85. The lowest BCUT2D eigenvalue weighted by molar-refractivity contribution is 0.172. The summed E-state index contributed by atoms with van der Waals surface area (Å²) < 4.78 is 5.33. The average molecular weight is 216 g/mol. The maximum absolute atomic E-state index is 5.57. The molecule has 14 heavy (non-hydrogen) atoms. The summed E-state index contributed by atoms with van der Waals surface area (Å²) >= 11 is 4.95. The van der Waals surface area contributed by atoms with Gasteiger partial charge in [0, 0.05) is 25.6 Å². The van der Waals surface area contributed by atoms with Crippen molar-refractivity contribution in [2.24, 2.45) is 17.6 Å². The van der Waals surface area contributed by atoms with Crippen LogP contribution >= 0.6 is 12.2 Å². The lowest BCUT2D eigenvalue weighted by Gasteiger charge is -2.22. The van der Waals surface area contributed by atoms with Crippen LogP contribution in [0.1, 0.15) is 13.3 Å². The maximum atomic E-state index is 5.57. The van der Waals surface area contributed by atoms with Crippen molar-refractivity contribution in [3.8, 4) is 0 Å². The molecule has 0 aromatic heterocycles. The summed E-state index contributed by atoms with van der Waals surface area (Å²) in [6.45, 7) is 5.94. The zero-order valence-electron chi connectivity index (χ0n) is 9.03. The van der Waals surface area contributed by atoms with E-state index in [1.54, 1.807) is 0 Å². The molecule has 4 heteroatoms. The van der Waals surface area contributed by atoms with Crippen molar-refractivity contribution in [2.45, 2.75) is 13.3 Å². The largest absolute Gasteiger partial charge is 0.393 e. The lowest BCUT2D eigenvalue weighted by atomic mass is 10.1. The third-order valence-corrected chi connectivity index (χ3v) is 3.07. The predicted octanol–water partition coefficient (Wildman–Crippen LogP) is 0.877. The van der Waals surface area contributed by atoms with Gasteiger partial charge in [0.05, 0.1) is 11.6 Å². The number of nitrogens with two attached hydrogens (primary N) is 1. The fourth-order valence-corrected chi connectivity index (χ4v) is 1.87. The van der Waals surface area contributed by atoms with Crippen LogP contribution in [0.5, 0.6) is 0 Å². The molecule has 0 aliphatic carbocycles. The molecule has 1 fully saturated rings. The van der Waals surface area contributed by atoms with Crippen LogP contribution in [-0.2, 0) is 4.74 Å². The topological polar surface area (TPSA) is 38.5 Å². The molecule has 0 aromatic rings. The molecule has 2 atom stereocenters. The normalized spacial score (nSPS) is 24.1. The van der Waals surface area contributed by atoms with Crippen LogP contribution in [-0.4, -0.2) is 43.2 Å². The van der Waals surface area contributed by atoms with Crippen molar-refractivity contribution < 1.29 is 4.74 Å². The SMILES string of the molecule is CC(CN(C)CC1CCOC1)C(N)=S. The molecule has 82 valence electrons. The van der Waals surface area contributed by atoms with E-state index in [9.17, 15) is 0 Å². The van der Waals surface area contributed by atoms with Crippen LogP contribution in [0.25, 0.3) is 0 Å². The number of hydrogen-bond donors (Lipinski definition) is 1. The Morgan fingerprint density at radius 3 is 2.93 bits per heavy atom. The first-order valence-electron chi connectivity index (χ1n) is 5.15. The third-order valence-electron chi connectivity index (χ3n) is 2.67. The van der Waals surface area contributed by atoms with Gasteiger partial charge in [-0.25, -0.2) is 0 Å². The lowest BCUT2D eigenvalue weighted by Crippen LogP contribution is -2.34. The van der Waals surface area contributed by atoms with Crippen molar-refractivity contribution in [1.29, 1.82) is 0 Å². The first-order valence-corrected chi connectivity index (χ1v) is 5.56. The van der Waals surface area contributed by atoms with E-state index >= 15 is 0 Å². The minimum Gasteiger partial charge on any atom is -0.393 e. The van der Waals surface area contributed by atoms with E-state index in [1.165, 1.54) is 6.42 Å². The molecule has 0 spiro atoms. The molecule has 1 heterocycles. The summed E-state index contributed by atoms with van der Waals surface area (Å²) in [4.78, 5) is 2.91. The molecule has 0 amide bonds. The van der Waals surface area contributed by atoms with Crippen LogP contribution in [0.15, 0.2) is 0 Å². The van der Waals surface area contributed by atoms with E-state index in [-0.39, 0.29) is 0 Å². The van der Waals surface area contributed by atoms with Crippen molar-refractivity contribution in [2.75, 3.05) is 33.4 Å². The summed E-state index contributed by atoms with van der Waals surface area (Å²) in [5, 5.41) is 0. The molecule has 1 rings (SSSR count). The minimum atomic E-state index is 0.303. The molecule has 1 aliphatic rings. The Kier molecular flexibility index (Phi) is 4.78. The molecular weight excluding hydrogens is 196 g/mol. The summed E-state index contributed by atoms with van der Waals surface area (Å²) in [5.74, 6) is 0.996. The summed E-state index contributed by atoms with van der Waals surface area (Å²) in [6.07, 6.45) is 1.19. The molecule has 3 nitrogen and oxygen atoms in total. The number of thiocarbonyl (C=S) groups is 1. The molecule has 2 unspecified atom stereocenters. The zero-order chi connectivity index (χ0) is 10.6. The van der Waals surface area contributed by atoms with Gasteiger partial charge in [0.25, 0.3) is 0 Å². The van der Waals surface area contributed by atoms with Crippen molar-refractivity contribution in [3.63, 3.8) is 0 Å². The van der Waals surface area contributed by atoms with E-state index in [4.69, 9.17) is 22.7 Å². The second-order valence-electron chi connectivity index (χ2n) is 4.25. The van der Waals surface area contributed by atoms with Gasteiger partial charge in [0.15, 0.2) is 0 Å². The van der Waals surface area contributed by atoms with Crippen LogP contribution in [0.4, 0.5) is 0 Å². The minimum absolute atomic E-state index is 0.303. The highest BCUT2D eigenvalue weighted by molar-refractivity contribution is 7.80. The van der Waals surface area contributed by atoms with Gasteiger partial charge in [0.1, 0.15) is 0 Å². The van der Waals surface area contributed by atoms with E-state index in [2.05, 4.69) is 18.9 Å². The van der Waals surface area contributed by atoms with Crippen LogP contribution < -0.4 is 5.73 Å². The van der Waals surface area contributed by atoms with Gasteiger partial charge in [0.2, 0.25) is 0 Å².